The van der Waals surface area contributed by atoms with Gasteiger partial charge in [0.1, 0.15) is 6.54 Å². The van der Waals surface area contributed by atoms with Crippen LogP contribution in [0.5, 0.6) is 0 Å². The van der Waals surface area contributed by atoms with E-state index in [4.69, 9.17) is 23.2 Å². The van der Waals surface area contributed by atoms with Crippen LogP contribution in [0.25, 0.3) is 0 Å². The zero-order chi connectivity index (χ0) is 20.6. The van der Waals surface area contributed by atoms with Gasteiger partial charge in [-0.05, 0) is 61.4 Å². The third-order valence-electron chi connectivity index (χ3n) is 5.89. The normalized spacial score (nSPS) is 23.2. The molecule has 3 atom stereocenters. The fourth-order valence-electron chi connectivity index (χ4n) is 4.48. The van der Waals surface area contributed by atoms with E-state index in [0.717, 1.165) is 23.6 Å². The SMILES string of the molecule is O=C(CN(c1ccc(Cl)c(Cl)c1)S(=O)(=O)c1ccccc1)NC1CC2CCC1C2. The molecule has 0 aromatic heterocycles. The molecule has 1 N–H and O–H groups in total. The molecule has 0 heterocycles. The van der Waals surface area contributed by atoms with Crippen LogP contribution in [-0.2, 0) is 14.8 Å². The molecule has 0 aliphatic heterocycles. The van der Waals surface area contributed by atoms with Gasteiger partial charge >= 0.3 is 0 Å². The van der Waals surface area contributed by atoms with Crippen molar-refractivity contribution in [1.82, 2.24) is 5.32 Å². The summed E-state index contributed by atoms with van der Waals surface area (Å²) in [4.78, 5) is 12.9. The number of amides is 1. The fourth-order valence-corrected chi connectivity index (χ4v) is 6.21. The van der Waals surface area contributed by atoms with Crippen molar-refractivity contribution in [2.45, 2.75) is 36.6 Å². The molecule has 8 heteroatoms. The van der Waals surface area contributed by atoms with E-state index in [0.29, 0.717) is 22.5 Å². The first-order valence-electron chi connectivity index (χ1n) is 9.67. The Bertz CT molecular complexity index is 1010. The zero-order valence-corrected chi connectivity index (χ0v) is 18.1. The number of rotatable bonds is 6. The van der Waals surface area contributed by atoms with E-state index >= 15 is 0 Å². The van der Waals surface area contributed by atoms with Crippen LogP contribution in [0.15, 0.2) is 53.4 Å². The number of halogens is 2. The van der Waals surface area contributed by atoms with Gasteiger partial charge in [-0.3, -0.25) is 9.10 Å². The van der Waals surface area contributed by atoms with E-state index < -0.39 is 10.0 Å². The quantitative estimate of drug-likeness (QED) is 0.701. The molecule has 1 amide bonds. The van der Waals surface area contributed by atoms with Gasteiger partial charge in [0.05, 0.1) is 20.6 Å². The second kappa shape index (κ2) is 8.17. The number of anilines is 1. The summed E-state index contributed by atoms with van der Waals surface area (Å²) in [5.74, 6) is 0.880. The molecule has 154 valence electrons. The first-order chi connectivity index (χ1) is 13.8. The van der Waals surface area contributed by atoms with Crippen LogP contribution < -0.4 is 9.62 Å². The lowest BCUT2D eigenvalue weighted by molar-refractivity contribution is -0.120. The molecule has 4 rings (SSSR count). The van der Waals surface area contributed by atoms with Crippen molar-refractivity contribution in [3.05, 3.63) is 58.6 Å². The summed E-state index contributed by atoms with van der Waals surface area (Å²) in [5.41, 5.74) is 0.298. The maximum Gasteiger partial charge on any atom is 0.264 e. The Morgan fingerprint density at radius 2 is 1.79 bits per heavy atom. The topological polar surface area (TPSA) is 66.5 Å². The zero-order valence-electron chi connectivity index (χ0n) is 15.7. The molecule has 2 saturated carbocycles. The highest BCUT2D eigenvalue weighted by Crippen LogP contribution is 2.44. The Balaban J connectivity index is 1.61. The highest BCUT2D eigenvalue weighted by atomic mass is 35.5. The largest absolute Gasteiger partial charge is 0.352 e. The second-order valence-corrected chi connectivity index (χ2v) is 10.4. The molecule has 0 radical (unpaired) electrons. The highest BCUT2D eigenvalue weighted by Gasteiger charge is 2.40. The van der Waals surface area contributed by atoms with Crippen LogP contribution in [0.3, 0.4) is 0 Å². The van der Waals surface area contributed by atoms with E-state index in [1.165, 1.54) is 30.7 Å². The molecule has 3 unspecified atom stereocenters. The predicted octanol–water partition coefficient (Wildman–Crippen LogP) is 4.49. The molecule has 2 aromatic rings. The number of nitrogens with one attached hydrogen (secondary N) is 1. The number of sulfonamides is 1. The van der Waals surface area contributed by atoms with Crippen LogP contribution in [0, 0.1) is 11.8 Å². The van der Waals surface area contributed by atoms with E-state index in [1.807, 2.05) is 0 Å². The van der Waals surface area contributed by atoms with Crippen molar-refractivity contribution in [2.24, 2.45) is 11.8 Å². The Morgan fingerprint density at radius 3 is 2.41 bits per heavy atom. The molecule has 0 spiro atoms. The number of fused-ring (bicyclic) bond motifs is 2. The number of carbonyl (C=O) groups is 1. The van der Waals surface area contributed by atoms with Gasteiger partial charge < -0.3 is 5.32 Å². The minimum atomic E-state index is -3.95. The molecule has 2 fully saturated rings. The highest BCUT2D eigenvalue weighted by molar-refractivity contribution is 7.92. The van der Waals surface area contributed by atoms with Crippen LogP contribution in [0.4, 0.5) is 5.69 Å². The molecule has 0 saturated heterocycles. The molecular weight excluding hydrogens is 431 g/mol. The van der Waals surface area contributed by atoms with Gasteiger partial charge in [0, 0.05) is 6.04 Å². The van der Waals surface area contributed by atoms with Gasteiger partial charge in [-0.15, -0.1) is 0 Å². The third-order valence-corrected chi connectivity index (χ3v) is 8.42. The molecule has 2 bridgehead atoms. The molecular formula is C21H22Cl2N2O3S. The van der Waals surface area contributed by atoms with Gasteiger partial charge in [-0.2, -0.15) is 0 Å². The van der Waals surface area contributed by atoms with E-state index in [2.05, 4.69) is 5.32 Å². The lowest BCUT2D eigenvalue weighted by Gasteiger charge is -2.27. The maximum absolute atomic E-state index is 13.3. The minimum Gasteiger partial charge on any atom is -0.352 e. The van der Waals surface area contributed by atoms with Crippen LogP contribution in [-0.4, -0.2) is 26.9 Å². The van der Waals surface area contributed by atoms with Gasteiger partial charge in [0.25, 0.3) is 10.0 Å². The second-order valence-electron chi connectivity index (χ2n) is 7.77. The van der Waals surface area contributed by atoms with Crippen molar-refractivity contribution in [3.8, 4) is 0 Å². The van der Waals surface area contributed by atoms with Gasteiger partial charge in [-0.1, -0.05) is 47.8 Å². The summed E-state index contributed by atoms with van der Waals surface area (Å²) in [7, 11) is -3.95. The summed E-state index contributed by atoms with van der Waals surface area (Å²) < 4.78 is 27.7. The predicted molar refractivity (Wildman–Crippen MR) is 115 cm³/mol. The van der Waals surface area contributed by atoms with Gasteiger partial charge in [0.15, 0.2) is 0 Å². The van der Waals surface area contributed by atoms with E-state index in [9.17, 15) is 13.2 Å². The Hall–Kier alpha value is -1.76. The fraction of sp³-hybridized carbons (Fsp3) is 0.381. The molecule has 2 aliphatic rings. The molecule has 5 nitrogen and oxygen atoms in total. The minimum absolute atomic E-state index is 0.110. The number of hydrogen-bond donors (Lipinski definition) is 1. The average Bonchev–Trinajstić information content (AvgIpc) is 3.32. The van der Waals surface area contributed by atoms with E-state index in [-0.39, 0.29) is 28.4 Å². The number of hydrogen-bond acceptors (Lipinski definition) is 3. The maximum atomic E-state index is 13.3. The standard InChI is InChI=1S/C21H22Cl2N2O3S/c22-18-9-8-16(12-19(18)23)25(29(27,28)17-4-2-1-3-5-17)13-21(26)24-20-11-14-6-7-15(20)10-14/h1-5,8-9,12,14-15,20H,6-7,10-11,13H2,(H,24,26). The van der Waals surface area contributed by atoms with Crippen molar-refractivity contribution >= 4 is 44.8 Å². The molecule has 2 aliphatic carbocycles. The molecule has 29 heavy (non-hydrogen) atoms. The smallest absolute Gasteiger partial charge is 0.264 e. The summed E-state index contributed by atoms with van der Waals surface area (Å²) in [5, 5.41) is 3.60. The van der Waals surface area contributed by atoms with Crippen molar-refractivity contribution in [1.29, 1.82) is 0 Å². The Kier molecular flexibility index (Phi) is 5.78. The number of benzene rings is 2. The summed E-state index contributed by atoms with van der Waals surface area (Å²) in [6, 6.07) is 12.7. The lowest BCUT2D eigenvalue weighted by atomic mass is 9.95. The monoisotopic (exact) mass is 452 g/mol. The van der Waals surface area contributed by atoms with Crippen molar-refractivity contribution < 1.29 is 13.2 Å². The van der Waals surface area contributed by atoms with Crippen LogP contribution >= 0.6 is 23.2 Å². The number of nitrogens with zero attached hydrogens (tertiary/aromatic N) is 1. The van der Waals surface area contributed by atoms with Crippen LogP contribution in [0.2, 0.25) is 10.0 Å². The van der Waals surface area contributed by atoms with Gasteiger partial charge in [-0.25, -0.2) is 8.42 Å². The first kappa shape index (κ1) is 20.5. The third kappa shape index (κ3) is 4.25. The average molecular weight is 453 g/mol. The van der Waals surface area contributed by atoms with E-state index in [1.54, 1.807) is 24.3 Å². The van der Waals surface area contributed by atoms with Crippen molar-refractivity contribution in [2.75, 3.05) is 10.8 Å². The molecule has 2 aromatic carbocycles. The summed E-state index contributed by atoms with van der Waals surface area (Å²) >= 11 is 12.1. The summed E-state index contributed by atoms with van der Waals surface area (Å²) in [6.07, 6.45) is 4.50. The number of carbonyl (C=O) groups excluding carboxylic acids is 1. The Morgan fingerprint density at radius 1 is 1.03 bits per heavy atom. The summed E-state index contributed by atoms with van der Waals surface area (Å²) in [6.45, 7) is -0.316. The lowest BCUT2D eigenvalue weighted by Crippen LogP contribution is -2.46. The van der Waals surface area contributed by atoms with Gasteiger partial charge in [0.2, 0.25) is 5.91 Å². The Labute approximate surface area is 181 Å². The first-order valence-corrected chi connectivity index (χ1v) is 11.9. The van der Waals surface area contributed by atoms with Crippen molar-refractivity contribution in [3.63, 3.8) is 0 Å². The van der Waals surface area contributed by atoms with Crippen LogP contribution in [0.1, 0.15) is 25.7 Å².